The largest absolute Gasteiger partial charge is 0.480 e. The number of rotatable bonds is 4. The average Bonchev–Trinajstić information content (AvgIpc) is 2.39. The lowest BCUT2D eigenvalue weighted by Crippen LogP contribution is -2.57. The van der Waals surface area contributed by atoms with Crippen molar-refractivity contribution in [3.8, 4) is 0 Å². The van der Waals surface area contributed by atoms with Gasteiger partial charge in [-0.15, -0.1) is 0 Å². The molecule has 0 aromatic heterocycles. The zero-order valence-electron chi connectivity index (χ0n) is 12.5. The summed E-state index contributed by atoms with van der Waals surface area (Å²) < 4.78 is 0. The van der Waals surface area contributed by atoms with Gasteiger partial charge in [0.05, 0.1) is 0 Å². The summed E-state index contributed by atoms with van der Waals surface area (Å²) in [6, 6.07) is 0. The van der Waals surface area contributed by atoms with Crippen LogP contribution in [0, 0.1) is 11.8 Å². The number of carbonyl (C=O) groups excluding carboxylic acids is 1. The van der Waals surface area contributed by atoms with E-state index in [4.69, 9.17) is 0 Å². The molecule has 0 heterocycles. The van der Waals surface area contributed by atoms with Crippen LogP contribution < -0.4 is 5.32 Å². The van der Waals surface area contributed by atoms with Crippen LogP contribution in [-0.2, 0) is 9.59 Å². The van der Waals surface area contributed by atoms with Gasteiger partial charge in [0.2, 0.25) is 5.91 Å². The SMILES string of the molecule is CC1CCCC(NC(=O)CC2CCCCC2)(C(=O)O)C1. The molecule has 0 bridgehead atoms. The van der Waals surface area contributed by atoms with Gasteiger partial charge in [-0.2, -0.15) is 0 Å². The predicted octanol–water partition coefficient (Wildman–Crippen LogP) is 3.11. The van der Waals surface area contributed by atoms with Crippen molar-refractivity contribution >= 4 is 11.9 Å². The van der Waals surface area contributed by atoms with Crippen molar-refractivity contribution in [2.24, 2.45) is 11.8 Å². The van der Waals surface area contributed by atoms with Crippen molar-refractivity contribution in [2.45, 2.75) is 76.7 Å². The van der Waals surface area contributed by atoms with Crippen molar-refractivity contribution in [2.75, 3.05) is 0 Å². The van der Waals surface area contributed by atoms with Gasteiger partial charge in [0.1, 0.15) is 5.54 Å². The third-order valence-electron chi connectivity index (χ3n) is 4.98. The Morgan fingerprint density at radius 3 is 2.45 bits per heavy atom. The summed E-state index contributed by atoms with van der Waals surface area (Å²) in [5.41, 5.74) is -1.01. The fourth-order valence-corrected chi connectivity index (χ4v) is 3.88. The molecule has 4 nitrogen and oxygen atoms in total. The lowest BCUT2D eigenvalue weighted by molar-refractivity contribution is -0.150. The van der Waals surface area contributed by atoms with Crippen LogP contribution in [0.4, 0.5) is 0 Å². The Hall–Kier alpha value is -1.06. The van der Waals surface area contributed by atoms with Crippen molar-refractivity contribution in [1.82, 2.24) is 5.32 Å². The average molecular weight is 281 g/mol. The van der Waals surface area contributed by atoms with Crippen LogP contribution in [0.1, 0.15) is 71.1 Å². The summed E-state index contributed by atoms with van der Waals surface area (Å²) in [4.78, 5) is 23.9. The predicted molar refractivity (Wildman–Crippen MR) is 77.3 cm³/mol. The number of amides is 1. The van der Waals surface area contributed by atoms with Crippen molar-refractivity contribution in [3.63, 3.8) is 0 Å². The molecule has 2 rings (SSSR count). The van der Waals surface area contributed by atoms with E-state index in [1.807, 2.05) is 0 Å². The Labute approximate surface area is 121 Å². The molecule has 0 aromatic rings. The molecule has 0 radical (unpaired) electrons. The van der Waals surface area contributed by atoms with E-state index >= 15 is 0 Å². The molecule has 114 valence electrons. The van der Waals surface area contributed by atoms with E-state index in [2.05, 4.69) is 12.2 Å². The van der Waals surface area contributed by atoms with E-state index in [-0.39, 0.29) is 5.91 Å². The fourth-order valence-electron chi connectivity index (χ4n) is 3.88. The minimum atomic E-state index is -1.01. The number of carbonyl (C=O) groups is 2. The molecule has 1 amide bonds. The molecule has 0 saturated heterocycles. The molecule has 2 atom stereocenters. The van der Waals surface area contributed by atoms with Crippen molar-refractivity contribution < 1.29 is 14.7 Å². The molecule has 2 unspecified atom stereocenters. The van der Waals surface area contributed by atoms with Gasteiger partial charge in [-0.25, -0.2) is 4.79 Å². The van der Waals surface area contributed by atoms with Gasteiger partial charge in [0.15, 0.2) is 0 Å². The molecule has 2 fully saturated rings. The van der Waals surface area contributed by atoms with Crippen LogP contribution in [0.3, 0.4) is 0 Å². The van der Waals surface area contributed by atoms with Crippen LogP contribution in [-0.4, -0.2) is 22.5 Å². The smallest absolute Gasteiger partial charge is 0.329 e. The first-order valence-electron chi connectivity index (χ1n) is 8.06. The first kappa shape index (κ1) is 15.3. The Kier molecular flexibility index (Phi) is 5.06. The van der Waals surface area contributed by atoms with E-state index in [9.17, 15) is 14.7 Å². The van der Waals surface area contributed by atoms with Crippen molar-refractivity contribution in [1.29, 1.82) is 0 Å². The highest BCUT2D eigenvalue weighted by Gasteiger charge is 2.43. The van der Waals surface area contributed by atoms with E-state index in [1.54, 1.807) is 0 Å². The Balaban J connectivity index is 1.93. The maximum absolute atomic E-state index is 12.2. The zero-order chi connectivity index (χ0) is 14.6. The topological polar surface area (TPSA) is 66.4 Å². The summed E-state index contributed by atoms with van der Waals surface area (Å²) in [5, 5.41) is 12.4. The molecule has 2 N–H and O–H groups in total. The van der Waals surface area contributed by atoms with Crippen LogP contribution in [0.15, 0.2) is 0 Å². The Morgan fingerprint density at radius 2 is 1.85 bits per heavy atom. The van der Waals surface area contributed by atoms with Gasteiger partial charge in [0, 0.05) is 6.42 Å². The Bertz CT molecular complexity index is 363. The normalized spacial score (nSPS) is 31.8. The van der Waals surface area contributed by atoms with Crippen LogP contribution in [0.25, 0.3) is 0 Å². The summed E-state index contributed by atoms with van der Waals surface area (Å²) in [7, 11) is 0. The molecule has 20 heavy (non-hydrogen) atoms. The highest BCUT2D eigenvalue weighted by molar-refractivity contribution is 5.87. The van der Waals surface area contributed by atoms with E-state index in [0.29, 0.717) is 31.1 Å². The summed E-state index contributed by atoms with van der Waals surface area (Å²) in [6.45, 7) is 2.07. The lowest BCUT2D eigenvalue weighted by Gasteiger charge is -2.37. The summed E-state index contributed by atoms with van der Waals surface area (Å²) in [6.07, 6.45) is 9.51. The quantitative estimate of drug-likeness (QED) is 0.832. The molecular formula is C16H27NO3. The molecular weight excluding hydrogens is 254 g/mol. The maximum Gasteiger partial charge on any atom is 0.329 e. The molecule has 0 spiro atoms. The zero-order valence-corrected chi connectivity index (χ0v) is 12.5. The van der Waals surface area contributed by atoms with Gasteiger partial charge >= 0.3 is 5.97 Å². The first-order chi connectivity index (χ1) is 9.52. The van der Waals surface area contributed by atoms with Gasteiger partial charge in [-0.05, 0) is 37.5 Å². The number of hydrogen-bond acceptors (Lipinski definition) is 2. The van der Waals surface area contributed by atoms with E-state index in [1.165, 1.54) is 19.3 Å². The number of nitrogens with one attached hydrogen (secondary N) is 1. The van der Waals surface area contributed by atoms with Gasteiger partial charge in [-0.1, -0.05) is 39.0 Å². The first-order valence-corrected chi connectivity index (χ1v) is 8.06. The molecule has 0 aromatic carbocycles. The second-order valence-electron chi connectivity index (χ2n) is 6.85. The summed E-state index contributed by atoms with van der Waals surface area (Å²) >= 11 is 0. The van der Waals surface area contributed by atoms with E-state index in [0.717, 1.165) is 25.7 Å². The second-order valence-corrected chi connectivity index (χ2v) is 6.85. The number of hydrogen-bond donors (Lipinski definition) is 2. The van der Waals surface area contributed by atoms with Gasteiger partial charge in [0.25, 0.3) is 0 Å². The fraction of sp³-hybridized carbons (Fsp3) is 0.875. The highest BCUT2D eigenvalue weighted by atomic mass is 16.4. The maximum atomic E-state index is 12.2. The molecule has 2 aliphatic carbocycles. The highest BCUT2D eigenvalue weighted by Crippen LogP contribution is 2.33. The number of aliphatic carboxylic acids is 1. The molecule has 0 aliphatic heterocycles. The van der Waals surface area contributed by atoms with Crippen molar-refractivity contribution in [3.05, 3.63) is 0 Å². The number of carboxylic acid groups (broad SMARTS) is 1. The van der Waals surface area contributed by atoms with Gasteiger partial charge < -0.3 is 10.4 Å². The molecule has 2 saturated carbocycles. The summed E-state index contributed by atoms with van der Waals surface area (Å²) in [5.74, 6) is -0.0973. The van der Waals surface area contributed by atoms with Crippen LogP contribution in [0.5, 0.6) is 0 Å². The van der Waals surface area contributed by atoms with Gasteiger partial charge in [-0.3, -0.25) is 4.79 Å². The monoisotopic (exact) mass is 281 g/mol. The molecule has 2 aliphatic rings. The van der Waals surface area contributed by atoms with Crippen LogP contribution in [0.2, 0.25) is 0 Å². The molecule has 4 heteroatoms. The van der Waals surface area contributed by atoms with E-state index < -0.39 is 11.5 Å². The lowest BCUT2D eigenvalue weighted by atomic mass is 9.76. The Morgan fingerprint density at radius 1 is 1.15 bits per heavy atom. The minimum absolute atomic E-state index is 0.0617. The third-order valence-corrected chi connectivity index (χ3v) is 4.98. The standard InChI is InChI=1S/C16H27NO3/c1-12-6-5-9-16(11-12,15(19)20)17-14(18)10-13-7-3-2-4-8-13/h12-13H,2-11H2,1H3,(H,17,18)(H,19,20). The van der Waals surface area contributed by atoms with Crippen LogP contribution >= 0.6 is 0 Å². The second kappa shape index (κ2) is 6.59. The number of carboxylic acids is 1. The third kappa shape index (κ3) is 3.74. The minimum Gasteiger partial charge on any atom is -0.480 e.